The van der Waals surface area contributed by atoms with Gasteiger partial charge >= 0.3 is 0 Å². The maximum absolute atomic E-state index is 13.6. The van der Waals surface area contributed by atoms with Crippen molar-refractivity contribution < 1.29 is 4.39 Å². The molecule has 4 rings (SSSR count). The summed E-state index contributed by atoms with van der Waals surface area (Å²) in [6, 6.07) is 14.7. The summed E-state index contributed by atoms with van der Waals surface area (Å²) >= 11 is 0. The second kappa shape index (κ2) is 5.94. The second-order valence-corrected chi connectivity index (χ2v) is 5.85. The smallest absolute Gasteiger partial charge is 0.134 e. The minimum Gasteiger partial charge on any atom is -0.383 e. The molecular weight excluding hydrogens is 315 g/mol. The Morgan fingerprint density at radius 2 is 1.76 bits per heavy atom. The molecule has 4 nitrogen and oxygen atoms in total. The topological polar surface area (TPSA) is 64.7 Å². The Morgan fingerprint density at radius 1 is 0.920 bits per heavy atom. The molecule has 0 unspecified atom stereocenters. The molecule has 2 aromatic heterocycles. The van der Waals surface area contributed by atoms with E-state index in [2.05, 4.69) is 15.0 Å². The van der Waals surface area contributed by atoms with E-state index in [9.17, 15) is 4.39 Å². The van der Waals surface area contributed by atoms with Crippen LogP contribution in [-0.2, 0) is 0 Å². The predicted molar refractivity (Wildman–Crippen MR) is 97.3 cm³/mol. The average Bonchev–Trinajstić information content (AvgIpc) is 2.64. The molecule has 122 valence electrons. The largest absolute Gasteiger partial charge is 0.383 e. The van der Waals surface area contributed by atoms with Crippen molar-refractivity contribution >= 4 is 16.7 Å². The van der Waals surface area contributed by atoms with E-state index < -0.39 is 0 Å². The molecule has 25 heavy (non-hydrogen) atoms. The fourth-order valence-electron chi connectivity index (χ4n) is 2.90. The van der Waals surface area contributed by atoms with Crippen LogP contribution in [0.1, 0.15) is 5.56 Å². The minimum absolute atomic E-state index is 0.225. The van der Waals surface area contributed by atoms with Crippen molar-refractivity contribution in [1.82, 2.24) is 15.0 Å². The molecule has 2 N–H and O–H groups in total. The van der Waals surface area contributed by atoms with Crippen LogP contribution in [0, 0.1) is 12.7 Å². The van der Waals surface area contributed by atoms with Gasteiger partial charge in [0.05, 0.1) is 11.2 Å². The van der Waals surface area contributed by atoms with Crippen LogP contribution in [0.2, 0.25) is 0 Å². The molecule has 5 heteroatoms. The number of fused-ring (bicyclic) bond motifs is 1. The molecule has 0 saturated heterocycles. The van der Waals surface area contributed by atoms with Crippen molar-refractivity contribution in [2.75, 3.05) is 5.73 Å². The third kappa shape index (κ3) is 2.70. The highest BCUT2D eigenvalue weighted by atomic mass is 19.1. The van der Waals surface area contributed by atoms with E-state index in [0.29, 0.717) is 11.4 Å². The normalized spacial score (nSPS) is 11.0. The van der Waals surface area contributed by atoms with Crippen molar-refractivity contribution in [3.63, 3.8) is 0 Å². The number of nitrogen functional groups attached to an aromatic ring is 1. The third-order valence-corrected chi connectivity index (χ3v) is 4.22. The fraction of sp³-hybridized carbons (Fsp3) is 0.0500. The van der Waals surface area contributed by atoms with E-state index in [1.165, 1.54) is 12.4 Å². The highest BCUT2D eigenvalue weighted by molar-refractivity contribution is 5.93. The molecular formula is C20H15FN4. The van der Waals surface area contributed by atoms with Crippen molar-refractivity contribution in [2.45, 2.75) is 6.92 Å². The van der Waals surface area contributed by atoms with Crippen LogP contribution < -0.4 is 5.73 Å². The number of hydrogen-bond donors (Lipinski definition) is 1. The molecule has 0 saturated carbocycles. The van der Waals surface area contributed by atoms with Crippen molar-refractivity contribution in [3.05, 3.63) is 72.4 Å². The van der Waals surface area contributed by atoms with Gasteiger partial charge in [-0.3, -0.25) is 4.98 Å². The molecule has 0 atom stereocenters. The molecule has 0 aliphatic rings. The number of aromatic nitrogens is 3. The lowest BCUT2D eigenvalue weighted by molar-refractivity contribution is 0.619. The summed E-state index contributed by atoms with van der Waals surface area (Å²) in [6.45, 7) is 1.75. The number of nitrogens with zero attached hydrogens (tertiary/aromatic N) is 3. The molecule has 0 aliphatic heterocycles. The Bertz CT molecular complexity index is 1090. The maximum Gasteiger partial charge on any atom is 0.134 e. The molecule has 0 radical (unpaired) electrons. The third-order valence-electron chi connectivity index (χ3n) is 4.22. The number of rotatable bonds is 2. The first-order chi connectivity index (χ1) is 12.1. The highest BCUT2D eigenvalue weighted by Crippen LogP contribution is 2.33. The van der Waals surface area contributed by atoms with E-state index >= 15 is 0 Å². The van der Waals surface area contributed by atoms with Gasteiger partial charge in [0.15, 0.2) is 0 Å². The molecule has 2 aromatic carbocycles. The SMILES string of the molecule is Cc1cc(-c2ncccc2-c2ccc3ncnc(N)c3c2)ccc1F. The number of halogens is 1. The predicted octanol–water partition coefficient (Wildman–Crippen LogP) is 4.39. The maximum atomic E-state index is 13.6. The molecule has 0 aliphatic carbocycles. The Balaban J connectivity index is 1.92. The zero-order chi connectivity index (χ0) is 17.4. The summed E-state index contributed by atoms with van der Waals surface area (Å²) in [5.41, 5.74) is 10.9. The van der Waals surface area contributed by atoms with Crippen molar-refractivity contribution in [2.24, 2.45) is 0 Å². The average molecular weight is 330 g/mol. The second-order valence-electron chi connectivity index (χ2n) is 5.85. The number of nitrogens with two attached hydrogens (primary N) is 1. The van der Waals surface area contributed by atoms with Crippen LogP contribution in [0.25, 0.3) is 33.3 Å². The summed E-state index contributed by atoms with van der Waals surface area (Å²) < 4.78 is 13.6. The van der Waals surface area contributed by atoms with E-state index in [-0.39, 0.29) is 5.82 Å². The first-order valence-electron chi connectivity index (χ1n) is 7.85. The quantitative estimate of drug-likeness (QED) is 0.592. The lowest BCUT2D eigenvalue weighted by Crippen LogP contribution is -1.94. The Morgan fingerprint density at radius 3 is 2.60 bits per heavy atom. The van der Waals surface area contributed by atoms with Gasteiger partial charge in [-0.15, -0.1) is 0 Å². The summed E-state index contributed by atoms with van der Waals surface area (Å²) in [7, 11) is 0. The van der Waals surface area contributed by atoms with Crippen LogP contribution in [0.3, 0.4) is 0 Å². The number of aryl methyl sites for hydroxylation is 1. The van der Waals surface area contributed by atoms with Crippen molar-refractivity contribution in [1.29, 1.82) is 0 Å². The first kappa shape index (κ1) is 15.2. The number of anilines is 1. The summed E-state index contributed by atoms with van der Waals surface area (Å²) in [4.78, 5) is 12.8. The summed E-state index contributed by atoms with van der Waals surface area (Å²) in [5, 5.41) is 0.796. The molecule has 4 aromatic rings. The summed E-state index contributed by atoms with van der Waals surface area (Å²) in [5.74, 6) is 0.215. The Labute approximate surface area is 144 Å². The summed E-state index contributed by atoms with van der Waals surface area (Å²) in [6.07, 6.45) is 3.18. The lowest BCUT2D eigenvalue weighted by atomic mass is 9.97. The first-order valence-corrected chi connectivity index (χ1v) is 7.85. The fourth-order valence-corrected chi connectivity index (χ4v) is 2.90. The van der Waals surface area contributed by atoms with Gasteiger partial charge in [-0.1, -0.05) is 12.1 Å². The van der Waals surface area contributed by atoms with E-state index in [1.54, 1.807) is 25.3 Å². The zero-order valence-corrected chi connectivity index (χ0v) is 13.6. The minimum atomic E-state index is -0.225. The van der Waals surface area contributed by atoms with Crippen LogP contribution in [-0.4, -0.2) is 15.0 Å². The van der Waals surface area contributed by atoms with Gasteiger partial charge < -0.3 is 5.73 Å². The van der Waals surface area contributed by atoms with Crippen LogP contribution in [0.4, 0.5) is 10.2 Å². The van der Waals surface area contributed by atoms with Crippen LogP contribution in [0.15, 0.2) is 61.1 Å². The number of benzene rings is 2. The zero-order valence-electron chi connectivity index (χ0n) is 13.6. The number of pyridine rings is 1. The van der Waals surface area contributed by atoms with Gasteiger partial charge in [-0.25, -0.2) is 14.4 Å². The van der Waals surface area contributed by atoms with E-state index in [4.69, 9.17) is 5.73 Å². The molecule has 0 bridgehead atoms. The van der Waals surface area contributed by atoms with Gasteiger partial charge in [0.2, 0.25) is 0 Å². The molecule has 2 heterocycles. The lowest BCUT2D eigenvalue weighted by Gasteiger charge is -2.11. The monoisotopic (exact) mass is 330 g/mol. The van der Waals surface area contributed by atoms with Crippen LogP contribution >= 0.6 is 0 Å². The van der Waals surface area contributed by atoms with E-state index in [0.717, 1.165) is 33.3 Å². The van der Waals surface area contributed by atoms with Gasteiger partial charge in [0.1, 0.15) is 18.0 Å². The van der Waals surface area contributed by atoms with Gasteiger partial charge in [-0.05, 0) is 54.4 Å². The number of hydrogen-bond acceptors (Lipinski definition) is 4. The van der Waals surface area contributed by atoms with Crippen LogP contribution in [0.5, 0.6) is 0 Å². The Kier molecular flexibility index (Phi) is 3.61. The highest BCUT2D eigenvalue weighted by Gasteiger charge is 2.11. The molecule has 0 amide bonds. The Hall–Kier alpha value is -3.34. The van der Waals surface area contributed by atoms with E-state index in [1.807, 2.05) is 30.3 Å². The van der Waals surface area contributed by atoms with Crippen molar-refractivity contribution in [3.8, 4) is 22.4 Å². The van der Waals surface area contributed by atoms with Gasteiger partial charge in [0.25, 0.3) is 0 Å². The van der Waals surface area contributed by atoms with Gasteiger partial charge in [-0.2, -0.15) is 0 Å². The molecule has 0 spiro atoms. The molecule has 0 fully saturated rings. The van der Waals surface area contributed by atoms with Gasteiger partial charge in [0, 0.05) is 22.7 Å². The standard InChI is InChI=1S/C20H15FN4/c1-12-9-14(4-6-17(12)21)19-15(3-2-8-23-19)13-5-7-18-16(10-13)20(22)25-11-24-18/h2-11H,1H3,(H2,22,24,25).